The molecule has 1 saturated heterocycles. The van der Waals surface area contributed by atoms with Gasteiger partial charge in [0.25, 0.3) is 0 Å². The maximum absolute atomic E-state index is 12.7. The van der Waals surface area contributed by atoms with Gasteiger partial charge in [0.1, 0.15) is 6.04 Å². The highest BCUT2D eigenvalue weighted by atomic mass is 32.2. The molecule has 1 N–H and O–H groups in total. The van der Waals surface area contributed by atoms with Gasteiger partial charge in [0.15, 0.2) is 0 Å². The number of thioether (sulfide) groups is 1. The average molecular weight is 349 g/mol. The quantitative estimate of drug-likeness (QED) is 0.858. The van der Waals surface area contributed by atoms with Crippen molar-refractivity contribution in [3.8, 4) is 0 Å². The van der Waals surface area contributed by atoms with Crippen molar-refractivity contribution in [2.24, 2.45) is 11.8 Å². The first-order valence-corrected chi connectivity index (χ1v) is 9.70. The number of hydrogen-bond acceptors (Lipinski definition) is 3. The third-order valence-corrected chi connectivity index (χ3v) is 5.44. The molecular formula is C19H28N2O2S. The van der Waals surface area contributed by atoms with Gasteiger partial charge < -0.3 is 10.2 Å². The fraction of sp³-hybridized carbons (Fsp3) is 0.579. The molecule has 0 spiro atoms. The van der Waals surface area contributed by atoms with Crippen LogP contribution < -0.4 is 5.32 Å². The fourth-order valence-corrected chi connectivity index (χ4v) is 4.50. The third kappa shape index (κ3) is 4.76. The highest BCUT2D eigenvalue weighted by Crippen LogP contribution is 2.34. The van der Waals surface area contributed by atoms with E-state index in [1.54, 1.807) is 11.8 Å². The van der Waals surface area contributed by atoms with E-state index in [2.05, 4.69) is 19.2 Å². The molecule has 2 atom stereocenters. The van der Waals surface area contributed by atoms with Crippen LogP contribution in [0.25, 0.3) is 0 Å². The molecule has 5 heteroatoms. The molecule has 0 aliphatic carbocycles. The Morgan fingerprint density at radius 1 is 1.21 bits per heavy atom. The fourth-order valence-electron chi connectivity index (χ4n) is 2.85. The molecule has 0 saturated carbocycles. The number of carbonyl (C=O) groups is 2. The summed E-state index contributed by atoms with van der Waals surface area (Å²) in [7, 11) is 0. The predicted molar refractivity (Wildman–Crippen MR) is 99.5 cm³/mol. The van der Waals surface area contributed by atoms with E-state index in [0.717, 1.165) is 12.0 Å². The monoisotopic (exact) mass is 348 g/mol. The van der Waals surface area contributed by atoms with Crippen LogP contribution >= 0.6 is 11.8 Å². The predicted octanol–water partition coefficient (Wildman–Crippen LogP) is 3.28. The second-order valence-electron chi connectivity index (χ2n) is 7.04. The van der Waals surface area contributed by atoms with Gasteiger partial charge in [-0.15, -0.1) is 11.8 Å². The van der Waals surface area contributed by atoms with Gasteiger partial charge in [-0.1, -0.05) is 58.0 Å². The molecular weight excluding hydrogens is 320 g/mol. The Labute approximate surface area is 149 Å². The molecule has 1 fully saturated rings. The number of hydrogen-bond donors (Lipinski definition) is 1. The lowest BCUT2D eigenvalue weighted by Crippen LogP contribution is -2.51. The van der Waals surface area contributed by atoms with E-state index < -0.39 is 0 Å². The average Bonchev–Trinajstić information content (AvgIpc) is 2.95. The van der Waals surface area contributed by atoms with E-state index in [1.165, 1.54) is 0 Å². The zero-order chi connectivity index (χ0) is 17.7. The Hall–Kier alpha value is -1.49. The van der Waals surface area contributed by atoms with Crippen LogP contribution in [0.4, 0.5) is 0 Å². The molecule has 2 rings (SSSR count). The minimum Gasteiger partial charge on any atom is -0.350 e. The first kappa shape index (κ1) is 18.8. The van der Waals surface area contributed by atoms with E-state index in [1.807, 2.05) is 49.1 Å². The summed E-state index contributed by atoms with van der Waals surface area (Å²) in [6.45, 7) is 8.61. The molecule has 1 aromatic rings. The van der Waals surface area contributed by atoms with Gasteiger partial charge in [-0.05, 0) is 17.9 Å². The minimum atomic E-state index is -0.364. The van der Waals surface area contributed by atoms with Gasteiger partial charge in [0.05, 0.1) is 5.37 Å². The van der Waals surface area contributed by atoms with Gasteiger partial charge in [0.2, 0.25) is 11.8 Å². The second kappa shape index (κ2) is 8.56. The zero-order valence-electron chi connectivity index (χ0n) is 15.0. The second-order valence-corrected chi connectivity index (χ2v) is 8.25. The zero-order valence-corrected chi connectivity index (χ0v) is 15.8. The van der Waals surface area contributed by atoms with Crippen LogP contribution in [-0.2, 0) is 16.1 Å². The summed E-state index contributed by atoms with van der Waals surface area (Å²) in [4.78, 5) is 27.2. The number of amides is 2. The summed E-state index contributed by atoms with van der Waals surface area (Å²) in [5.41, 5.74) is 1.07. The van der Waals surface area contributed by atoms with Crippen molar-refractivity contribution in [1.29, 1.82) is 0 Å². The van der Waals surface area contributed by atoms with E-state index in [4.69, 9.17) is 0 Å². The molecule has 0 aromatic heterocycles. The Kier molecular flexibility index (Phi) is 6.72. The first-order valence-electron chi connectivity index (χ1n) is 8.65. The van der Waals surface area contributed by atoms with Crippen LogP contribution in [0.15, 0.2) is 30.3 Å². The number of benzene rings is 1. The van der Waals surface area contributed by atoms with Crippen LogP contribution in [0.1, 0.15) is 39.7 Å². The van der Waals surface area contributed by atoms with E-state index >= 15 is 0 Å². The number of nitrogens with zero attached hydrogens (tertiary/aromatic N) is 1. The summed E-state index contributed by atoms with van der Waals surface area (Å²) in [6.07, 6.45) is 0.922. The van der Waals surface area contributed by atoms with Gasteiger partial charge >= 0.3 is 0 Å². The summed E-state index contributed by atoms with van der Waals surface area (Å²) >= 11 is 1.73. The Bertz CT molecular complexity index is 560. The summed E-state index contributed by atoms with van der Waals surface area (Å²) < 4.78 is 0. The largest absolute Gasteiger partial charge is 0.350 e. The highest BCUT2D eigenvalue weighted by Gasteiger charge is 2.41. The van der Waals surface area contributed by atoms with Gasteiger partial charge in [-0.2, -0.15) is 0 Å². The van der Waals surface area contributed by atoms with Crippen LogP contribution in [0, 0.1) is 11.8 Å². The molecule has 1 aliphatic heterocycles. The molecule has 0 radical (unpaired) electrons. The number of rotatable bonds is 6. The minimum absolute atomic E-state index is 0.0494. The van der Waals surface area contributed by atoms with Crippen LogP contribution in [0.2, 0.25) is 0 Å². The van der Waals surface area contributed by atoms with Crippen molar-refractivity contribution in [2.45, 2.75) is 52.1 Å². The van der Waals surface area contributed by atoms with Crippen LogP contribution in [-0.4, -0.2) is 33.9 Å². The molecule has 132 valence electrons. The number of carbonyl (C=O) groups excluding carboxylic acids is 2. The summed E-state index contributed by atoms with van der Waals surface area (Å²) in [5, 5.41) is 3.10. The lowest BCUT2D eigenvalue weighted by atomic mass is 10.1. The standard InChI is InChI=1S/C19H28N2O2S/c1-13(2)10-17-21(19(23)14(3)4)16(12-24-17)18(22)20-11-15-8-6-5-7-9-15/h5-9,13-14,16-17H,10-12H2,1-4H3,(H,20,22). The molecule has 1 heterocycles. The smallest absolute Gasteiger partial charge is 0.243 e. The van der Waals surface area contributed by atoms with Crippen molar-refractivity contribution in [3.05, 3.63) is 35.9 Å². The SMILES string of the molecule is CC(C)CC1SCC(C(=O)NCc2ccccc2)N1C(=O)C(C)C. The van der Waals surface area contributed by atoms with E-state index in [-0.39, 0.29) is 29.1 Å². The number of nitrogens with one attached hydrogen (secondary N) is 1. The van der Waals surface area contributed by atoms with Crippen molar-refractivity contribution in [2.75, 3.05) is 5.75 Å². The topological polar surface area (TPSA) is 49.4 Å². The highest BCUT2D eigenvalue weighted by molar-refractivity contribution is 8.00. The Morgan fingerprint density at radius 3 is 2.46 bits per heavy atom. The molecule has 4 nitrogen and oxygen atoms in total. The molecule has 1 aromatic carbocycles. The lowest BCUT2D eigenvalue weighted by molar-refractivity contribution is -0.142. The normalized spacial score (nSPS) is 20.7. The van der Waals surface area contributed by atoms with Crippen LogP contribution in [0.5, 0.6) is 0 Å². The first-order chi connectivity index (χ1) is 11.4. The van der Waals surface area contributed by atoms with Crippen molar-refractivity contribution in [3.63, 3.8) is 0 Å². The van der Waals surface area contributed by atoms with Gasteiger partial charge in [0, 0.05) is 18.2 Å². The Morgan fingerprint density at radius 2 is 1.88 bits per heavy atom. The van der Waals surface area contributed by atoms with Crippen molar-refractivity contribution < 1.29 is 9.59 Å². The van der Waals surface area contributed by atoms with Crippen LogP contribution in [0.3, 0.4) is 0 Å². The Balaban J connectivity index is 2.05. The van der Waals surface area contributed by atoms with Crippen molar-refractivity contribution >= 4 is 23.6 Å². The molecule has 0 bridgehead atoms. The van der Waals surface area contributed by atoms with E-state index in [0.29, 0.717) is 18.2 Å². The molecule has 2 amide bonds. The maximum atomic E-state index is 12.7. The lowest BCUT2D eigenvalue weighted by Gasteiger charge is -2.31. The summed E-state index contributed by atoms with van der Waals surface area (Å²) in [5.74, 6) is 1.10. The van der Waals surface area contributed by atoms with E-state index in [9.17, 15) is 9.59 Å². The molecule has 1 aliphatic rings. The third-order valence-electron chi connectivity index (χ3n) is 4.13. The molecule has 2 unspecified atom stereocenters. The molecule has 24 heavy (non-hydrogen) atoms. The van der Waals surface area contributed by atoms with Gasteiger partial charge in [-0.3, -0.25) is 9.59 Å². The maximum Gasteiger partial charge on any atom is 0.243 e. The van der Waals surface area contributed by atoms with Crippen molar-refractivity contribution in [1.82, 2.24) is 10.2 Å². The summed E-state index contributed by atoms with van der Waals surface area (Å²) in [6, 6.07) is 9.49. The van der Waals surface area contributed by atoms with Gasteiger partial charge in [-0.25, -0.2) is 0 Å².